The fraction of sp³-hybridized carbons (Fsp3) is 0.333. The van der Waals surface area contributed by atoms with E-state index in [2.05, 4.69) is 11.2 Å². The topological polar surface area (TPSA) is 38.0 Å². The first-order valence-corrected chi connectivity index (χ1v) is 4.91. The highest BCUT2D eigenvalue weighted by molar-refractivity contribution is 5.21. The third-order valence-corrected chi connectivity index (χ3v) is 2.18. The average Bonchev–Trinajstić information content (AvgIpc) is 2.26. The molecule has 1 aromatic carbocycles. The van der Waals surface area contributed by atoms with Gasteiger partial charge in [0.2, 0.25) is 0 Å². The monoisotopic (exact) mass is 206 g/mol. The summed E-state index contributed by atoms with van der Waals surface area (Å²) in [6.07, 6.45) is 5.75. The molecular weight excluding hydrogens is 191 g/mol. The van der Waals surface area contributed by atoms with Crippen LogP contribution in [-0.4, -0.2) is 13.1 Å². The van der Waals surface area contributed by atoms with E-state index < -0.39 is 0 Å². The van der Waals surface area contributed by atoms with Gasteiger partial charge in [0.05, 0.1) is 0 Å². The smallest absolute Gasteiger partial charge is 0.128 e. The van der Waals surface area contributed by atoms with Gasteiger partial charge < -0.3 is 11.1 Å². The number of rotatable bonds is 5. The molecule has 0 aliphatic rings. The van der Waals surface area contributed by atoms with Crippen molar-refractivity contribution in [2.45, 2.75) is 12.5 Å². The minimum Gasteiger partial charge on any atom is -0.329 e. The highest BCUT2D eigenvalue weighted by atomic mass is 19.1. The first kappa shape index (κ1) is 11.7. The maximum Gasteiger partial charge on any atom is 0.128 e. The number of nitrogens with two attached hydrogens (primary N) is 1. The molecule has 0 heterocycles. The zero-order valence-electron chi connectivity index (χ0n) is 8.54. The second-order valence-electron chi connectivity index (χ2n) is 3.22. The predicted molar refractivity (Wildman–Crippen MR) is 59.6 cm³/mol. The summed E-state index contributed by atoms with van der Waals surface area (Å²) >= 11 is 0. The highest BCUT2D eigenvalue weighted by Gasteiger charge is 2.12. The molecule has 15 heavy (non-hydrogen) atoms. The van der Waals surface area contributed by atoms with Crippen LogP contribution >= 0.6 is 0 Å². The number of benzene rings is 1. The van der Waals surface area contributed by atoms with Gasteiger partial charge in [-0.25, -0.2) is 4.39 Å². The lowest BCUT2D eigenvalue weighted by molar-refractivity contribution is 0.512. The first-order valence-electron chi connectivity index (χ1n) is 4.91. The van der Waals surface area contributed by atoms with Crippen molar-refractivity contribution in [2.75, 3.05) is 13.1 Å². The molecular formula is C12H15FN2. The molecule has 0 aliphatic carbocycles. The van der Waals surface area contributed by atoms with Crippen LogP contribution in [0.2, 0.25) is 0 Å². The van der Waals surface area contributed by atoms with E-state index in [0.29, 0.717) is 25.1 Å². The third kappa shape index (κ3) is 3.35. The molecule has 0 bridgehead atoms. The van der Waals surface area contributed by atoms with Crippen molar-refractivity contribution in [3.63, 3.8) is 0 Å². The number of halogens is 1. The molecule has 1 rings (SSSR count). The summed E-state index contributed by atoms with van der Waals surface area (Å²) in [5.41, 5.74) is 6.17. The van der Waals surface area contributed by atoms with Gasteiger partial charge >= 0.3 is 0 Å². The molecule has 0 saturated carbocycles. The van der Waals surface area contributed by atoms with Crippen LogP contribution < -0.4 is 11.1 Å². The SMILES string of the molecule is C#CCCNC(CN)c1ccccc1F. The van der Waals surface area contributed by atoms with E-state index in [1.54, 1.807) is 18.2 Å². The van der Waals surface area contributed by atoms with E-state index in [1.807, 2.05) is 0 Å². The summed E-state index contributed by atoms with van der Waals surface area (Å²) in [6, 6.07) is 6.45. The number of hydrogen-bond donors (Lipinski definition) is 2. The molecule has 1 atom stereocenters. The molecule has 0 spiro atoms. The standard InChI is InChI=1S/C12H15FN2/c1-2-3-8-15-12(9-14)10-6-4-5-7-11(10)13/h1,4-7,12,15H,3,8-9,14H2. The van der Waals surface area contributed by atoms with Crippen LogP contribution in [0.3, 0.4) is 0 Å². The Kier molecular flexibility index (Phi) is 4.82. The average molecular weight is 206 g/mol. The van der Waals surface area contributed by atoms with Gasteiger partial charge in [-0.05, 0) is 6.07 Å². The zero-order valence-corrected chi connectivity index (χ0v) is 8.54. The Morgan fingerprint density at radius 3 is 2.80 bits per heavy atom. The molecule has 0 saturated heterocycles. The summed E-state index contributed by atoms with van der Waals surface area (Å²) in [5.74, 6) is 2.28. The number of hydrogen-bond acceptors (Lipinski definition) is 2. The Labute approximate surface area is 89.7 Å². The van der Waals surface area contributed by atoms with Crippen LogP contribution in [0.15, 0.2) is 24.3 Å². The van der Waals surface area contributed by atoms with Crippen LogP contribution in [0.25, 0.3) is 0 Å². The molecule has 0 radical (unpaired) electrons. The minimum atomic E-state index is -0.235. The van der Waals surface area contributed by atoms with Crippen LogP contribution in [0.1, 0.15) is 18.0 Å². The van der Waals surface area contributed by atoms with Crippen molar-refractivity contribution in [1.29, 1.82) is 0 Å². The highest BCUT2D eigenvalue weighted by Crippen LogP contribution is 2.15. The fourth-order valence-electron chi connectivity index (χ4n) is 1.40. The Morgan fingerprint density at radius 2 is 2.20 bits per heavy atom. The summed E-state index contributed by atoms with van der Waals surface area (Å²) in [7, 11) is 0. The number of terminal acetylenes is 1. The molecule has 80 valence electrons. The molecule has 0 fully saturated rings. The Hall–Kier alpha value is -1.37. The molecule has 0 amide bonds. The van der Waals surface area contributed by atoms with Crippen LogP contribution in [0, 0.1) is 18.2 Å². The summed E-state index contributed by atoms with van der Waals surface area (Å²) in [6.45, 7) is 0.998. The van der Waals surface area contributed by atoms with Crippen molar-refractivity contribution in [2.24, 2.45) is 5.73 Å². The molecule has 3 N–H and O–H groups in total. The van der Waals surface area contributed by atoms with Gasteiger partial charge in [0.1, 0.15) is 5.82 Å². The lowest BCUT2D eigenvalue weighted by atomic mass is 10.1. The van der Waals surface area contributed by atoms with E-state index in [-0.39, 0.29) is 11.9 Å². The summed E-state index contributed by atoms with van der Waals surface area (Å²) in [5, 5.41) is 3.12. The second-order valence-corrected chi connectivity index (χ2v) is 3.22. The maximum atomic E-state index is 13.4. The predicted octanol–water partition coefficient (Wildman–Crippen LogP) is 1.44. The van der Waals surface area contributed by atoms with Gasteiger partial charge in [-0.15, -0.1) is 12.3 Å². The Balaban J connectivity index is 2.66. The quantitative estimate of drug-likeness (QED) is 0.565. The van der Waals surface area contributed by atoms with Gasteiger partial charge in [0, 0.05) is 31.1 Å². The van der Waals surface area contributed by atoms with Crippen molar-refractivity contribution in [1.82, 2.24) is 5.32 Å². The molecule has 0 aromatic heterocycles. The summed E-state index contributed by atoms with van der Waals surface area (Å²) in [4.78, 5) is 0. The molecule has 2 nitrogen and oxygen atoms in total. The van der Waals surface area contributed by atoms with E-state index in [4.69, 9.17) is 12.2 Å². The molecule has 0 aliphatic heterocycles. The zero-order chi connectivity index (χ0) is 11.1. The fourth-order valence-corrected chi connectivity index (χ4v) is 1.40. The van der Waals surface area contributed by atoms with E-state index in [9.17, 15) is 4.39 Å². The van der Waals surface area contributed by atoms with Crippen molar-refractivity contribution in [3.05, 3.63) is 35.6 Å². The molecule has 1 unspecified atom stereocenters. The minimum absolute atomic E-state index is 0.167. The lowest BCUT2D eigenvalue weighted by Crippen LogP contribution is -2.29. The first-order chi connectivity index (χ1) is 7.29. The van der Waals surface area contributed by atoms with E-state index >= 15 is 0 Å². The number of nitrogens with one attached hydrogen (secondary N) is 1. The largest absolute Gasteiger partial charge is 0.329 e. The van der Waals surface area contributed by atoms with Gasteiger partial charge in [-0.1, -0.05) is 18.2 Å². The van der Waals surface area contributed by atoms with Crippen molar-refractivity contribution < 1.29 is 4.39 Å². The summed E-state index contributed by atoms with van der Waals surface area (Å²) < 4.78 is 13.4. The maximum absolute atomic E-state index is 13.4. The second kappa shape index (κ2) is 6.18. The molecule has 3 heteroatoms. The van der Waals surface area contributed by atoms with Gasteiger partial charge in [0.25, 0.3) is 0 Å². The van der Waals surface area contributed by atoms with Crippen molar-refractivity contribution in [3.8, 4) is 12.3 Å². The van der Waals surface area contributed by atoms with Gasteiger partial charge in [0.15, 0.2) is 0 Å². The van der Waals surface area contributed by atoms with Crippen molar-refractivity contribution >= 4 is 0 Å². The van der Waals surface area contributed by atoms with E-state index in [1.165, 1.54) is 6.07 Å². The van der Waals surface area contributed by atoms with E-state index in [0.717, 1.165) is 0 Å². The van der Waals surface area contributed by atoms with Gasteiger partial charge in [-0.2, -0.15) is 0 Å². The molecule has 1 aromatic rings. The van der Waals surface area contributed by atoms with Gasteiger partial charge in [-0.3, -0.25) is 0 Å². The van der Waals surface area contributed by atoms with Crippen LogP contribution in [0.5, 0.6) is 0 Å². The Bertz CT molecular complexity index is 344. The van der Waals surface area contributed by atoms with Crippen LogP contribution in [0.4, 0.5) is 4.39 Å². The lowest BCUT2D eigenvalue weighted by Gasteiger charge is -2.17. The third-order valence-electron chi connectivity index (χ3n) is 2.18. The van der Waals surface area contributed by atoms with Crippen LogP contribution in [-0.2, 0) is 0 Å². The Morgan fingerprint density at radius 1 is 1.47 bits per heavy atom. The normalized spacial score (nSPS) is 12.1.